The van der Waals surface area contributed by atoms with Crippen molar-refractivity contribution < 1.29 is 24.5 Å². The van der Waals surface area contributed by atoms with E-state index >= 15 is 0 Å². The third-order valence-electron chi connectivity index (χ3n) is 3.63. The summed E-state index contributed by atoms with van der Waals surface area (Å²) >= 11 is 0. The van der Waals surface area contributed by atoms with Gasteiger partial charge in [-0.15, -0.1) is 0 Å². The van der Waals surface area contributed by atoms with Gasteiger partial charge >= 0.3 is 11.9 Å². The number of unbranched alkanes of at least 4 members (excludes halogenated alkanes) is 10. The smallest absolute Gasteiger partial charge is 0.417 e. The first-order valence-electron chi connectivity index (χ1n) is 9.06. The van der Waals surface area contributed by atoms with Gasteiger partial charge < -0.3 is 14.9 Å². The van der Waals surface area contributed by atoms with Gasteiger partial charge in [-0.2, -0.15) is 0 Å². The molecule has 0 fully saturated rings. The Hall–Kier alpha value is -1.10. The van der Waals surface area contributed by atoms with Gasteiger partial charge in [0.1, 0.15) is 0 Å². The Kier molecular flexibility index (Phi) is 19.9. The molecule has 0 saturated heterocycles. The molecule has 0 saturated carbocycles. The lowest BCUT2D eigenvalue weighted by atomic mass is 10.1. The van der Waals surface area contributed by atoms with Crippen LogP contribution in [0.5, 0.6) is 0 Å². The van der Waals surface area contributed by atoms with E-state index in [-0.39, 0.29) is 5.48 Å². The van der Waals surface area contributed by atoms with Crippen molar-refractivity contribution >= 4 is 11.9 Å². The SMILES string of the molecule is CCCCCCCCOC(=O)C(=O)OCCCCCCCC.O. The molecule has 138 valence electrons. The van der Waals surface area contributed by atoms with Gasteiger partial charge in [-0.3, -0.25) is 0 Å². The topological polar surface area (TPSA) is 84.1 Å². The van der Waals surface area contributed by atoms with Crippen molar-refractivity contribution in [1.29, 1.82) is 0 Å². The fourth-order valence-electron chi connectivity index (χ4n) is 2.21. The van der Waals surface area contributed by atoms with E-state index in [1.165, 1.54) is 38.5 Å². The van der Waals surface area contributed by atoms with Gasteiger partial charge in [-0.05, 0) is 12.8 Å². The maximum Gasteiger partial charge on any atom is 0.417 e. The maximum absolute atomic E-state index is 11.4. The van der Waals surface area contributed by atoms with Gasteiger partial charge in [0.25, 0.3) is 0 Å². The second-order valence-electron chi connectivity index (χ2n) is 5.81. The third-order valence-corrected chi connectivity index (χ3v) is 3.63. The molecule has 0 bridgehead atoms. The molecule has 0 radical (unpaired) electrons. The number of ether oxygens (including phenoxy) is 2. The van der Waals surface area contributed by atoms with Crippen LogP contribution in [-0.2, 0) is 19.1 Å². The van der Waals surface area contributed by atoms with Crippen molar-refractivity contribution in [3.05, 3.63) is 0 Å². The minimum Gasteiger partial charge on any atom is -0.457 e. The average Bonchev–Trinajstić information content (AvgIpc) is 2.52. The summed E-state index contributed by atoms with van der Waals surface area (Å²) in [5.41, 5.74) is 0. The molecule has 0 aromatic carbocycles. The summed E-state index contributed by atoms with van der Waals surface area (Å²) in [4.78, 5) is 22.8. The molecule has 0 aliphatic carbocycles. The summed E-state index contributed by atoms with van der Waals surface area (Å²) in [5.74, 6) is -1.70. The first kappa shape index (κ1) is 24.2. The standard InChI is InChI=1S/C18H34O4.H2O/c1-3-5-7-9-11-13-15-21-17(19)18(20)22-16-14-12-10-8-6-4-2;/h3-16H2,1-2H3;1H2. The van der Waals surface area contributed by atoms with E-state index in [2.05, 4.69) is 13.8 Å². The van der Waals surface area contributed by atoms with E-state index in [0.29, 0.717) is 13.2 Å². The molecule has 0 unspecified atom stereocenters. The first-order valence-corrected chi connectivity index (χ1v) is 9.06. The number of carbonyl (C=O) groups is 2. The minimum atomic E-state index is -0.848. The molecule has 5 nitrogen and oxygen atoms in total. The lowest BCUT2D eigenvalue weighted by Gasteiger charge is -2.06. The predicted octanol–water partition coefficient (Wildman–Crippen LogP) is 3.97. The van der Waals surface area contributed by atoms with E-state index in [1.807, 2.05) is 0 Å². The second kappa shape index (κ2) is 18.9. The number of rotatable bonds is 14. The van der Waals surface area contributed by atoms with Crippen molar-refractivity contribution in [2.45, 2.75) is 90.9 Å². The monoisotopic (exact) mass is 332 g/mol. The summed E-state index contributed by atoms with van der Waals surface area (Å²) in [7, 11) is 0. The van der Waals surface area contributed by atoms with Crippen LogP contribution in [0.4, 0.5) is 0 Å². The normalized spacial score (nSPS) is 10.0. The van der Waals surface area contributed by atoms with Gasteiger partial charge in [-0.25, -0.2) is 9.59 Å². The zero-order valence-corrected chi connectivity index (χ0v) is 15.0. The van der Waals surface area contributed by atoms with Crippen molar-refractivity contribution in [3.63, 3.8) is 0 Å². The van der Waals surface area contributed by atoms with Crippen LogP contribution in [-0.4, -0.2) is 30.6 Å². The van der Waals surface area contributed by atoms with E-state index in [0.717, 1.165) is 38.5 Å². The van der Waals surface area contributed by atoms with Crippen LogP contribution in [0.1, 0.15) is 90.9 Å². The molecular formula is C18H36O5. The molecule has 0 rings (SSSR count). The highest BCUT2D eigenvalue weighted by Crippen LogP contribution is 2.06. The van der Waals surface area contributed by atoms with E-state index in [9.17, 15) is 9.59 Å². The fraction of sp³-hybridized carbons (Fsp3) is 0.889. The molecule has 2 N–H and O–H groups in total. The van der Waals surface area contributed by atoms with Gasteiger partial charge in [0, 0.05) is 0 Å². The highest BCUT2D eigenvalue weighted by Gasteiger charge is 2.16. The Labute approximate surface area is 141 Å². The lowest BCUT2D eigenvalue weighted by Crippen LogP contribution is -2.21. The molecule has 0 amide bonds. The van der Waals surface area contributed by atoms with E-state index in [1.54, 1.807) is 0 Å². The summed E-state index contributed by atoms with van der Waals surface area (Å²) < 4.78 is 9.81. The Balaban J connectivity index is 0. The number of hydrogen-bond donors (Lipinski definition) is 0. The molecule has 0 atom stereocenters. The van der Waals surface area contributed by atoms with Crippen LogP contribution >= 0.6 is 0 Å². The summed E-state index contributed by atoms with van der Waals surface area (Å²) in [6.45, 7) is 4.99. The van der Waals surface area contributed by atoms with Crippen molar-refractivity contribution in [3.8, 4) is 0 Å². The van der Waals surface area contributed by atoms with E-state index in [4.69, 9.17) is 9.47 Å². The Morgan fingerprint density at radius 3 is 1.22 bits per heavy atom. The van der Waals surface area contributed by atoms with Crippen LogP contribution < -0.4 is 0 Å². The third kappa shape index (κ3) is 17.1. The largest absolute Gasteiger partial charge is 0.457 e. The maximum atomic E-state index is 11.4. The first-order chi connectivity index (χ1) is 10.7. The predicted molar refractivity (Wildman–Crippen MR) is 92.3 cm³/mol. The summed E-state index contributed by atoms with van der Waals surface area (Å²) in [5, 5.41) is 0. The number of esters is 2. The fourth-order valence-corrected chi connectivity index (χ4v) is 2.21. The Morgan fingerprint density at radius 2 is 0.870 bits per heavy atom. The van der Waals surface area contributed by atoms with Gasteiger partial charge in [0.2, 0.25) is 0 Å². The van der Waals surface area contributed by atoms with Gasteiger partial charge in [-0.1, -0.05) is 78.1 Å². The summed E-state index contributed by atoms with van der Waals surface area (Å²) in [6, 6.07) is 0. The minimum absolute atomic E-state index is 0. The second-order valence-corrected chi connectivity index (χ2v) is 5.81. The average molecular weight is 332 g/mol. The molecule has 23 heavy (non-hydrogen) atoms. The molecule has 0 aromatic heterocycles. The Morgan fingerprint density at radius 1 is 0.565 bits per heavy atom. The van der Waals surface area contributed by atoms with Crippen LogP contribution in [0.2, 0.25) is 0 Å². The van der Waals surface area contributed by atoms with Crippen LogP contribution in [0.3, 0.4) is 0 Å². The van der Waals surface area contributed by atoms with Gasteiger partial charge in [0.05, 0.1) is 13.2 Å². The molecule has 0 aliphatic rings. The van der Waals surface area contributed by atoms with Crippen LogP contribution in [0.25, 0.3) is 0 Å². The highest BCUT2D eigenvalue weighted by molar-refractivity contribution is 6.29. The molecule has 5 heteroatoms. The van der Waals surface area contributed by atoms with Crippen molar-refractivity contribution in [2.24, 2.45) is 0 Å². The molecule has 0 aliphatic heterocycles. The van der Waals surface area contributed by atoms with E-state index < -0.39 is 11.9 Å². The molecule has 0 aromatic rings. The highest BCUT2D eigenvalue weighted by atomic mass is 16.6. The number of carbonyl (C=O) groups excluding carboxylic acids is 2. The van der Waals surface area contributed by atoms with Crippen molar-refractivity contribution in [2.75, 3.05) is 13.2 Å². The molecule has 0 heterocycles. The van der Waals surface area contributed by atoms with Crippen LogP contribution in [0, 0.1) is 0 Å². The summed E-state index contributed by atoms with van der Waals surface area (Å²) in [6.07, 6.45) is 13.5. The van der Waals surface area contributed by atoms with Gasteiger partial charge in [0.15, 0.2) is 0 Å². The zero-order chi connectivity index (χ0) is 16.5. The van der Waals surface area contributed by atoms with Crippen molar-refractivity contribution in [1.82, 2.24) is 0 Å². The quantitative estimate of drug-likeness (QED) is 0.274. The molecule has 0 spiro atoms. The number of hydrogen-bond acceptors (Lipinski definition) is 4. The zero-order valence-electron chi connectivity index (χ0n) is 15.0. The lowest BCUT2D eigenvalue weighted by molar-refractivity contribution is -0.167. The van der Waals surface area contributed by atoms with Crippen LogP contribution in [0.15, 0.2) is 0 Å². The molecular weight excluding hydrogens is 296 g/mol. The Bertz CT molecular complexity index is 251.